The molecule has 0 saturated heterocycles. The van der Waals surface area contributed by atoms with E-state index in [4.69, 9.17) is 5.73 Å². The monoisotopic (exact) mass is 319 g/mol. The van der Waals surface area contributed by atoms with Crippen LogP contribution in [0.15, 0.2) is 36.4 Å². The van der Waals surface area contributed by atoms with Crippen molar-refractivity contribution in [2.24, 2.45) is 0 Å². The van der Waals surface area contributed by atoms with Gasteiger partial charge in [0.2, 0.25) is 0 Å². The quantitative estimate of drug-likeness (QED) is 0.562. The number of fused-ring (bicyclic) bond motifs is 2. The second-order valence-electron chi connectivity index (χ2n) is 5.73. The average molecular weight is 319 g/mol. The van der Waals surface area contributed by atoms with Crippen molar-refractivity contribution in [3.05, 3.63) is 64.2 Å². The van der Waals surface area contributed by atoms with Crippen LogP contribution >= 0.6 is 0 Å². The first-order chi connectivity index (χ1) is 11.5. The van der Waals surface area contributed by atoms with Crippen molar-refractivity contribution < 1.29 is 14.7 Å². The van der Waals surface area contributed by atoms with Crippen molar-refractivity contribution >= 4 is 17.3 Å². The van der Waals surface area contributed by atoms with Gasteiger partial charge in [-0.05, 0) is 18.6 Å². The number of anilines is 1. The average Bonchev–Trinajstić information content (AvgIpc) is 2.59. The topological polar surface area (TPSA) is 80.4 Å². The summed E-state index contributed by atoms with van der Waals surface area (Å²) in [7, 11) is 0. The second kappa shape index (κ2) is 6.31. The first-order valence-corrected chi connectivity index (χ1v) is 7.85. The molecule has 4 nitrogen and oxygen atoms in total. The Morgan fingerprint density at radius 1 is 1.04 bits per heavy atom. The van der Waals surface area contributed by atoms with E-state index >= 15 is 0 Å². The summed E-state index contributed by atoms with van der Waals surface area (Å²) in [6, 6.07) is 9.92. The highest BCUT2D eigenvalue weighted by atomic mass is 16.3. The van der Waals surface area contributed by atoms with Gasteiger partial charge >= 0.3 is 0 Å². The summed E-state index contributed by atoms with van der Waals surface area (Å²) in [4.78, 5) is 25.3. The number of nitrogen functional groups attached to an aromatic ring is 1. The number of nitrogens with two attached hydrogens (primary N) is 1. The van der Waals surface area contributed by atoms with E-state index in [9.17, 15) is 14.7 Å². The van der Waals surface area contributed by atoms with Crippen molar-refractivity contribution in [2.75, 3.05) is 5.73 Å². The van der Waals surface area contributed by atoms with Gasteiger partial charge in [0.15, 0.2) is 11.6 Å². The van der Waals surface area contributed by atoms with Gasteiger partial charge in [0.25, 0.3) is 0 Å². The number of carbonyl (C=O) groups is 2. The molecule has 0 fully saturated rings. The molecule has 0 heterocycles. The Labute approximate surface area is 140 Å². The highest BCUT2D eigenvalue weighted by Crippen LogP contribution is 2.32. The van der Waals surface area contributed by atoms with Crippen molar-refractivity contribution in [3.63, 3.8) is 0 Å². The number of rotatable bonds is 2. The van der Waals surface area contributed by atoms with Crippen LogP contribution in [-0.4, -0.2) is 22.8 Å². The highest BCUT2D eigenvalue weighted by molar-refractivity contribution is 6.30. The van der Waals surface area contributed by atoms with Crippen LogP contribution in [0, 0.1) is 11.8 Å². The molecule has 24 heavy (non-hydrogen) atoms. The van der Waals surface area contributed by atoms with Crippen molar-refractivity contribution in [3.8, 4) is 11.8 Å². The minimum absolute atomic E-state index is 0.191. The molecule has 1 aliphatic carbocycles. The number of carbonyl (C=O) groups excluding carboxylic acids is 2. The summed E-state index contributed by atoms with van der Waals surface area (Å²) in [5.74, 6) is 5.06. The summed E-state index contributed by atoms with van der Waals surface area (Å²) in [5, 5.41) is 9.73. The van der Waals surface area contributed by atoms with E-state index in [1.54, 1.807) is 36.4 Å². The number of ketones is 2. The van der Waals surface area contributed by atoms with Crippen LogP contribution < -0.4 is 5.73 Å². The lowest BCUT2D eigenvalue weighted by Crippen LogP contribution is -2.22. The first-order valence-electron chi connectivity index (χ1n) is 7.85. The minimum Gasteiger partial charge on any atom is -0.397 e. The van der Waals surface area contributed by atoms with E-state index in [-0.39, 0.29) is 22.8 Å². The zero-order valence-corrected chi connectivity index (χ0v) is 13.3. The Morgan fingerprint density at radius 2 is 1.71 bits per heavy atom. The molecule has 3 rings (SSSR count). The molecule has 0 aromatic heterocycles. The lowest BCUT2D eigenvalue weighted by atomic mass is 9.82. The molecule has 1 aliphatic rings. The zero-order chi connectivity index (χ0) is 17.3. The predicted octanol–water partition coefficient (Wildman–Crippen LogP) is 2.56. The van der Waals surface area contributed by atoms with Crippen molar-refractivity contribution in [2.45, 2.75) is 25.9 Å². The molecule has 0 aliphatic heterocycles. The van der Waals surface area contributed by atoms with Gasteiger partial charge in [-0.2, -0.15) is 0 Å². The molecule has 0 spiro atoms. The van der Waals surface area contributed by atoms with Gasteiger partial charge in [-0.3, -0.25) is 9.59 Å². The van der Waals surface area contributed by atoms with Gasteiger partial charge in [-0.15, -0.1) is 0 Å². The summed E-state index contributed by atoms with van der Waals surface area (Å²) >= 11 is 0. The fourth-order valence-electron chi connectivity index (χ4n) is 2.83. The summed E-state index contributed by atoms with van der Waals surface area (Å²) < 4.78 is 0. The van der Waals surface area contributed by atoms with Crippen LogP contribution in [0.2, 0.25) is 0 Å². The predicted molar refractivity (Wildman–Crippen MR) is 92.0 cm³/mol. The SMILES string of the molecule is CCCC(O)C#Cc1ccc2c(c1N)C(=O)c1ccccc1C2=O. The van der Waals surface area contributed by atoms with Gasteiger partial charge in [0, 0.05) is 22.3 Å². The Bertz CT molecular complexity index is 903. The Hall–Kier alpha value is -2.90. The lowest BCUT2D eigenvalue weighted by Gasteiger charge is -2.19. The molecule has 1 atom stereocenters. The third-order valence-corrected chi connectivity index (χ3v) is 4.07. The number of hydrogen-bond acceptors (Lipinski definition) is 4. The van der Waals surface area contributed by atoms with Crippen LogP contribution in [0.25, 0.3) is 0 Å². The van der Waals surface area contributed by atoms with E-state index in [1.807, 2.05) is 6.92 Å². The van der Waals surface area contributed by atoms with Gasteiger partial charge in [-0.25, -0.2) is 0 Å². The van der Waals surface area contributed by atoms with Crippen LogP contribution in [0.4, 0.5) is 5.69 Å². The Kier molecular flexibility index (Phi) is 4.20. The normalized spacial score (nSPS) is 13.6. The molecule has 120 valence electrons. The summed E-state index contributed by atoms with van der Waals surface area (Å²) in [6.07, 6.45) is 0.658. The molecule has 2 aromatic carbocycles. The Balaban J connectivity index is 2.09. The van der Waals surface area contributed by atoms with Gasteiger partial charge in [-0.1, -0.05) is 49.5 Å². The molecule has 0 bridgehead atoms. The van der Waals surface area contributed by atoms with Gasteiger partial charge in [0.1, 0.15) is 6.10 Å². The van der Waals surface area contributed by atoms with Crippen LogP contribution in [-0.2, 0) is 0 Å². The molecule has 0 radical (unpaired) electrons. The third-order valence-electron chi connectivity index (χ3n) is 4.07. The fraction of sp³-hybridized carbons (Fsp3) is 0.200. The van der Waals surface area contributed by atoms with E-state index in [1.165, 1.54) is 0 Å². The van der Waals surface area contributed by atoms with Crippen molar-refractivity contribution in [1.82, 2.24) is 0 Å². The first kappa shape index (κ1) is 16.0. The molecule has 0 amide bonds. The van der Waals surface area contributed by atoms with Crippen LogP contribution in [0.5, 0.6) is 0 Å². The van der Waals surface area contributed by atoms with Gasteiger partial charge in [0.05, 0.1) is 11.3 Å². The molecule has 2 aromatic rings. The fourth-order valence-corrected chi connectivity index (χ4v) is 2.83. The minimum atomic E-state index is -0.733. The van der Waals surface area contributed by atoms with Crippen molar-refractivity contribution in [1.29, 1.82) is 0 Å². The van der Waals surface area contributed by atoms with E-state index < -0.39 is 6.10 Å². The number of benzene rings is 2. The highest BCUT2D eigenvalue weighted by Gasteiger charge is 2.31. The Morgan fingerprint density at radius 3 is 2.38 bits per heavy atom. The molecular formula is C20H17NO3. The maximum absolute atomic E-state index is 12.7. The smallest absolute Gasteiger partial charge is 0.196 e. The molecule has 3 N–H and O–H groups in total. The van der Waals surface area contributed by atoms with E-state index in [2.05, 4.69) is 11.8 Å². The lowest BCUT2D eigenvalue weighted by molar-refractivity contribution is 0.0979. The van der Waals surface area contributed by atoms with Gasteiger partial charge < -0.3 is 10.8 Å². The standard InChI is InChI=1S/C20H17NO3/c1-2-5-13(22)10-8-12-9-11-16-17(18(12)21)20(24)15-7-4-3-6-14(15)19(16)23/h3-4,6-7,9,11,13,22H,2,5,21H2,1H3. The molecule has 0 saturated carbocycles. The summed E-state index contributed by atoms with van der Waals surface area (Å²) in [5.41, 5.74) is 8.02. The second-order valence-corrected chi connectivity index (χ2v) is 5.73. The van der Waals surface area contributed by atoms with Crippen LogP contribution in [0.3, 0.4) is 0 Å². The number of hydrogen-bond donors (Lipinski definition) is 2. The number of aliphatic hydroxyl groups is 1. The third kappa shape index (κ3) is 2.60. The molecular weight excluding hydrogens is 302 g/mol. The van der Waals surface area contributed by atoms with E-state index in [0.29, 0.717) is 28.7 Å². The maximum Gasteiger partial charge on any atom is 0.196 e. The molecule has 1 unspecified atom stereocenters. The maximum atomic E-state index is 12.7. The summed E-state index contributed by atoms with van der Waals surface area (Å²) in [6.45, 7) is 1.96. The van der Waals surface area contributed by atoms with E-state index in [0.717, 1.165) is 6.42 Å². The number of aliphatic hydroxyl groups excluding tert-OH is 1. The zero-order valence-electron chi connectivity index (χ0n) is 13.3. The molecule has 4 heteroatoms. The largest absolute Gasteiger partial charge is 0.397 e. The van der Waals surface area contributed by atoms with Crippen LogP contribution in [0.1, 0.15) is 57.2 Å².